The van der Waals surface area contributed by atoms with Gasteiger partial charge in [0.2, 0.25) is 5.91 Å². The minimum Gasteiger partial charge on any atom is -0.324 e. The number of hydrogen-bond donors (Lipinski definition) is 2. The Morgan fingerprint density at radius 2 is 2.17 bits per heavy atom. The Kier molecular flexibility index (Phi) is 5.54. The summed E-state index contributed by atoms with van der Waals surface area (Å²) in [5.41, 5.74) is 0.797. The van der Waals surface area contributed by atoms with Crippen molar-refractivity contribution in [2.75, 3.05) is 23.4 Å². The molecule has 0 radical (unpaired) electrons. The summed E-state index contributed by atoms with van der Waals surface area (Å²) < 4.78 is 1.77. The summed E-state index contributed by atoms with van der Waals surface area (Å²) in [6.45, 7) is 0.987. The molecule has 2 N–H and O–H groups in total. The first kappa shape index (κ1) is 14.4. The predicted octanol–water partition coefficient (Wildman–Crippen LogP) is 3.25. The first-order valence-electron chi connectivity index (χ1n) is 5.72. The summed E-state index contributed by atoms with van der Waals surface area (Å²) in [6, 6.07) is 6.03. The monoisotopic (exact) mass is 392 g/mol. The molecule has 3 nitrogen and oxygen atoms in total. The molecule has 0 aromatic heterocycles. The van der Waals surface area contributed by atoms with Crippen molar-refractivity contribution in [3.05, 3.63) is 27.1 Å². The molecule has 2 rings (SSSR count). The van der Waals surface area contributed by atoms with Crippen LogP contribution in [0.25, 0.3) is 0 Å². The van der Waals surface area contributed by atoms with Gasteiger partial charge in [-0.05, 0) is 44.0 Å². The van der Waals surface area contributed by atoms with Gasteiger partial charge in [-0.1, -0.05) is 6.07 Å². The number of thioether (sulfide) groups is 1. The van der Waals surface area contributed by atoms with Gasteiger partial charge in [0.05, 0.1) is 5.69 Å². The first-order valence-corrected chi connectivity index (χ1v) is 8.46. The van der Waals surface area contributed by atoms with Crippen molar-refractivity contribution >= 4 is 55.2 Å². The Bertz CT molecular complexity index is 416. The molecule has 0 aliphatic carbocycles. The van der Waals surface area contributed by atoms with Crippen molar-refractivity contribution in [1.29, 1.82) is 0 Å². The van der Waals surface area contributed by atoms with E-state index in [-0.39, 0.29) is 11.9 Å². The van der Waals surface area contributed by atoms with E-state index in [9.17, 15) is 4.79 Å². The zero-order chi connectivity index (χ0) is 13.0. The van der Waals surface area contributed by atoms with Gasteiger partial charge >= 0.3 is 0 Å². The maximum Gasteiger partial charge on any atom is 0.226 e. The summed E-state index contributed by atoms with van der Waals surface area (Å²) in [6.07, 6.45) is 0.515. The fourth-order valence-corrected chi connectivity index (χ4v) is 3.93. The Morgan fingerprint density at radius 1 is 1.44 bits per heavy atom. The molecule has 18 heavy (non-hydrogen) atoms. The van der Waals surface area contributed by atoms with Crippen LogP contribution in [0, 0.1) is 0 Å². The van der Waals surface area contributed by atoms with E-state index in [4.69, 9.17) is 0 Å². The van der Waals surface area contributed by atoms with Crippen molar-refractivity contribution in [2.45, 2.75) is 12.5 Å². The minimum absolute atomic E-state index is 0.0441. The van der Waals surface area contributed by atoms with Crippen LogP contribution < -0.4 is 10.6 Å². The molecule has 1 unspecified atom stereocenters. The van der Waals surface area contributed by atoms with Gasteiger partial charge in [-0.25, -0.2) is 0 Å². The number of amides is 1. The van der Waals surface area contributed by atoms with Crippen molar-refractivity contribution < 1.29 is 4.79 Å². The first-order chi connectivity index (χ1) is 8.66. The Morgan fingerprint density at radius 3 is 2.78 bits per heavy atom. The van der Waals surface area contributed by atoms with E-state index in [2.05, 4.69) is 42.5 Å². The lowest BCUT2D eigenvalue weighted by Gasteiger charge is -2.22. The molecule has 1 aromatic carbocycles. The average molecular weight is 394 g/mol. The summed E-state index contributed by atoms with van der Waals surface area (Å²) in [7, 11) is 0. The third kappa shape index (κ3) is 3.98. The predicted molar refractivity (Wildman–Crippen MR) is 84.2 cm³/mol. The van der Waals surface area contributed by atoms with Crippen LogP contribution >= 0.6 is 43.6 Å². The van der Waals surface area contributed by atoms with Crippen LogP contribution in [-0.4, -0.2) is 30.0 Å². The summed E-state index contributed by atoms with van der Waals surface area (Å²) in [5.74, 6) is 2.18. The summed E-state index contributed by atoms with van der Waals surface area (Å²) in [4.78, 5) is 12.0. The minimum atomic E-state index is 0.0441. The number of benzene rings is 1. The zero-order valence-electron chi connectivity index (χ0n) is 9.71. The third-order valence-electron chi connectivity index (χ3n) is 2.66. The van der Waals surface area contributed by atoms with Crippen LogP contribution in [0.5, 0.6) is 0 Å². The molecule has 1 aromatic rings. The molecular weight excluding hydrogens is 380 g/mol. The maximum absolute atomic E-state index is 12.0. The van der Waals surface area contributed by atoms with E-state index < -0.39 is 0 Å². The fourth-order valence-electron chi connectivity index (χ4n) is 1.78. The summed E-state index contributed by atoms with van der Waals surface area (Å²) >= 11 is 8.77. The molecule has 98 valence electrons. The van der Waals surface area contributed by atoms with E-state index >= 15 is 0 Å². The number of anilines is 1. The summed E-state index contributed by atoms with van der Waals surface area (Å²) in [5, 5.41) is 6.30. The van der Waals surface area contributed by atoms with Gasteiger partial charge in [-0.3, -0.25) is 4.79 Å². The van der Waals surface area contributed by atoms with Crippen molar-refractivity contribution in [3.63, 3.8) is 0 Å². The highest BCUT2D eigenvalue weighted by atomic mass is 79.9. The number of halogens is 2. The third-order valence-corrected chi connectivity index (χ3v) is 5.11. The Hall–Kier alpha value is -0.0400. The van der Waals surface area contributed by atoms with Crippen LogP contribution in [-0.2, 0) is 4.79 Å². The van der Waals surface area contributed by atoms with Crippen molar-refractivity contribution in [1.82, 2.24) is 5.32 Å². The quantitative estimate of drug-likeness (QED) is 0.828. The normalized spacial score (nSPS) is 19.6. The lowest BCUT2D eigenvalue weighted by atomic mass is 10.2. The van der Waals surface area contributed by atoms with Crippen LogP contribution in [0.3, 0.4) is 0 Å². The zero-order valence-corrected chi connectivity index (χ0v) is 13.7. The van der Waals surface area contributed by atoms with E-state index in [1.807, 2.05) is 30.0 Å². The second kappa shape index (κ2) is 6.93. The van der Waals surface area contributed by atoms with Crippen LogP contribution in [0.15, 0.2) is 27.1 Å². The van der Waals surface area contributed by atoms with E-state index in [0.717, 1.165) is 32.7 Å². The molecule has 1 aliphatic rings. The van der Waals surface area contributed by atoms with E-state index in [0.29, 0.717) is 6.42 Å². The van der Waals surface area contributed by atoms with Crippen molar-refractivity contribution in [3.8, 4) is 0 Å². The van der Waals surface area contributed by atoms with E-state index in [1.54, 1.807) is 0 Å². The molecule has 0 spiro atoms. The van der Waals surface area contributed by atoms with E-state index in [1.165, 1.54) is 0 Å². The standard InChI is InChI=1S/C12H14Br2N2OS/c13-9-2-1-3-10(14)12(9)16-11(17)6-8-7-18-5-4-15-8/h1-3,8,15H,4-7H2,(H,16,17). The topological polar surface area (TPSA) is 41.1 Å². The Labute approximate surface area is 128 Å². The number of rotatable bonds is 3. The molecule has 1 heterocycles. The molecule has 0 saturated carbocycles. The molecule has 1 amide bonds. The SMILES string of the molecule is O=C(CC1CSCCN1)Nc1c(Br)cccc1Br. The molecule has 0 bridgehead atoms. The average Bonchev–Trinajstić information content (AvgIpc) is 2.35. The van der Waals surface area contributed by atoms with Gasteiger partial charge in [-0.2, -0.15) is 11.8 Å². The lowest BCUT2D eigenvalue weighted by molar-refractivity contribution is -0.116. The number of para-hydroxylation sites is 1. The molecule has 6 heteroatoms. The molecule has 1 saturated heterocycles. The van der Waals surface area contributed by atoms with Gasteiger partial charge in [-0.15, -0.1) is 0 Å². The molecular formula is C12H14Br2N2OS. The largest absolute Gasteiger partial charge is 0.324 e. The smallest absolute Gasteiger partial charge is 0.226 e. The maximum atomic E-state index is 12.0. The van der Waals surface area contributed by atoms with Gasteiger partial charge in [0.15, 0.2) is 0 Å². The van der Waals surface area contributed by atoms with Crippen LogP contribution in [0.4, 0.5) is 5.69 Å². The molecule has 1 aliphatic heterocycles. The molecule has 1 atom stereocenters. The number of hydrogen-bond acceptors (Lipinski definition) is 3. The highest BCUT2D eigenvalue weighted by Gasteiger charge is 2.17. The highest BCUT2D eigenvalue weighted by Crippen LogP contribution is 2.30. The fraction of sp³-hybridized carbons (Fsp3) is 0.417. The second-order valence-corrected chi connectivity index (χ2v) is 6.93. The Balaban J connectivity index is 1.94. The van der Waals surface area contributed by atoms with Crippen LogP contribution in [0.1, 0.15) is 6.42 Å². The van der Waals surface area contributed by atoms with Gasteiger partial charge in [0.1, 0.15) is 0 Å². The van der Waals surface area contributed by atoms with Crippen LogP contribution in [0.2, 0.25) is 0 Å². The number of carbonyl (C=O) groups excluding carboxylic acids is 1. The highest BCUT2D eigenvalue weighted by molar-refractivity contribution is 9.11. The number of carbonyl (C=O) groups is 1. The van der Waals surface area contributed by atoms with Crippen molar-refractivity contribution in [2.24, 2.45) is 0 Å². The second-order valence-electron chi connectivity index (χ2n) is 4.07. The van der Waals surface area contributed by atoms with Gasteiger partial charge in [0, 0.05) is 39.5 Å². The number of nitrogens with one attached hydrogen (secondary N) is 2. The molecule has 1 fully saturated rings. The lowest BCUT2D eigenvalue weighted by Crippen LogP contribution is -2.39. The van der Waals surface area contributed by atoms with Gasteiger partial charge < -0.3 is 10.6 Å². The van der Waals surface area contributed by atoms with Gasteiger partial charge in [0.25, 0.3) is 0 Å².